The topological polar surface area (TPSA) is 139 Å². The SMILES string of the molecule is O=P(O)(O)CC(NC1CCNC1)P(=O)(O)O. The molecule has 0 bridgehead atoms. The van der Waals surface area contributed by atoms with Crippen LogP contribution in [0.25, 0.3) is 0 Å². The van der Waals surface area contributed by atoms with Gasteiger partial charge in [-0.25, -0.2) is 0 Å². The monoisotopic (exact) mass is 274 g/mol. The van der Waals surface area contributed by atoms with Crippen LogP contribution in [-0.4, -0.2) is 50.6 Å². The predicted molar refractivity (Wildman–Crippen MR) is 57.2 cm³/mol. The first kappa shape index (κ1) is 14.3. The average molecular weight is 274 g/mol. The first-order valence-corrected chi connectivity index (χ1v) is 8.23. The highest BCUT2D eigenvalue weighted by atomic mass is 31.2. The Morgan fingerprint density at radius 2 is 1.94 bits per heavy atom. The van der Waals surface area contributed by atoms with Crippen molar-refractivity contribution in [2.24, 2.45) is 0 Å². The summed E-state index contributed by atoms with van der Waals surface area (Å²) in [4.78, 5) is 35.4. The Kier molecular flexibility index (Phi) is 4.68. The standard InChI is InChI=1S/C6H16N2O6P2/c9-15(10,11)4-6(16(12,13)14)8-5-1-2-7-3-5/h5-8H,1-4H2,(H2,9,10,11)(H2,12,13,14). The quantitative estimate of drug-likeness (QED) is 0.337. The minimum Gasteiger partial charge on any atom is -0.324 e. The van der Waals surface area contributed by atoms with Gasteiger partial charge in [-0.2, -0.15) is 0 Å². The molecule has 1 aliphatic rings. The zero-order valence-electron chi connectivity index (χ0n) is 8.48. The van der Waals surface area contributed by atoms with Crippen LogP contribution in [0.3, 0.4) is 0 Å². The van der Waals surface area contributed by atoms with Crippen molar-refractivity contribution in [3.8, 4) is 0 Å². The van der Waals surface area contributed by atoms with Crippen molar-refractivity contribution >= 4 is 15.2 Å². The molecule has 8 nitrogen and oxygen atoms in total. The molecule has 2 unspecified atom stereocenters. The van der Waals surface area contributed by atoms with Gasteiger partial charge in [0.2, 0.25) is 0 Å². The van der Waals surface area contributed by atoms with Gasteiger partial charge >= 0.3 is 15.2 Å². The lowest BCUT2D eigenvalue weighted by Gasteiger charge is -2.23. The Morgan fingerprint density at radius 1 is 1.31 bits per heavy atom. The van der Waals surface area contributed by atoms with E-state index in [-0.39, 0.29) is 6.04 Å². The van der Waals surface area contributed by atoms with E-state index in [1.807, 2.05) is 0 Å². The van der Waals surface area contributed by atoms with Crippen LogP contribution >= 0.6 is 15.2 Å². The van der Waals surface area contributed by atoms with Gasteiger partial charge in [0.1, 0.15) is 5.78 Å². The predicted octanol–water partition coefficient (Wildman–Crippen LogP) is -1.38. The van der Waals surface area contributed by atoms with Crippen LogP contribution in [0.15, 0.2) is 0 Å². The number of nitrogens with one attached hydrogen (secondary N) is 2. The Morgan fingerprint density at radius 3 is 2.31 bits per heavy atom. The molecule has 6 N–H and O–H groups in total. The summed E-state index contributed by atoms with van der Waals surface area (Å²) in [6.07, 6.45) is -0.175. The summed E-state index contributed by atoms with van der Waals surface area (Å²) >= 11 is 0. The highest BCUT2D eigenvalue weighted by Gasteiger charge is 2.36. The molecule has 0 aromatic heterocycles. The zero-order valence-corrected chi connectivity index (χ0v) is 10.3. The lowest BCUT2D eigenvalue weighted by atomic mass is 10.3. The van der Waals surface area contributed by atoms with E-state index >= 15 is 0 Å². The molecule has 10 heteroatoms. The van der Waals surface area contributed by atoms with Crippen LogP contribution < -0.4 is 10.6 Å². The molecule has 1 aliphatic heterocycles. The fraction of sp³-hybridized carbons (Fsp3) is 1.00. The van der Waals surface area contributed by atoms with Crippen LogP contribution in [0, 0.1) is 0 Å². The Labute approximate surface area is 92.8 Å². The second-order valence-electron chi connectivity index (χ2n) is 3.81. The van der Waals surface area contributed by atoms with Gasteiger partial charge in [-0.05, 0) is 13.0 Å². The van der Waals surface area contributed by atoms with Crippen molar-refractivity contribution in [1.29, 1.82) is 0 Å². The smallest absolute Gasteiger partial charge is 0.324 e. The van der Waals surface area contributed by atoms with Crippen molar-refractivity contribution < 1.29 is 28.7 Å². The maximum Gasteiger partial charge on any atom is 0.342 e. The van der Waals surface area contributed by atoms with Gasteiger partial charge in [0.05, 0.1) is 6.16 Å². The van der Waals surface area contributed by atoms with Gasteiger partial charge in [0.15, 0.2) is 0 Å². The third-order valence-electron chi connectivity index (χ3n) is 2.31. The van der Waals surface area contributed by atoms with Crippen molar-refractivity contribution in [2.45, 2.75) is 18.2 Å². The van der Waals surface area contributed by atoms with E-state index in [0.29, 0.717) is 13.0 Å². The Bertz CT molecular complexity index is 319. The van der Waals surface area contributed by atoms with Gasteiger partial charge < -0.3 is 24.9 Å². The summed E-state index contributed by atoms with van der Waals surface area (Å²) in [5, 5.41) is 5.58. The molecule has 0 amide bonds. The molecule has 1 heterocycles. The molecule has 16 heavy (non-hydrogen) atoms. The average Bonchev–Trinajstić information content (AvgIpc) is 2.51. The van der Waals surface area contributed by atoms with Crippen LogP contribution in [0.4, 0.5) is 0 Å². The number of hydrogen-bond acceptors (Lipinski definition) is 4. The van der Waals surface area contributed by atoms with E-state index in [0.717, 1.165) is 6.54 Å². The molecule has 0 aliphatic carbocycles. The summed E-state index contributed by atoms with van der Waals surface area (Å²) in [7, 11) is -9.01. The molecule has 0 saturated carbocycles. The van der Waals surface area contributed by atoms with E-state index in [9.17, 15) is 9.13 Å². The first-order valence-electron chi connectivity index (χ1n) is 4.75. The maximum atomic E-state index is 11.1. The van der Waals surface area contributed by atoms with E-state index in [2.05, 4.69) is 10.6 Å². The van der Waals surface area contributed by atoms with E-state index in [1.165, 1.54) is 0 Å². The summed E-state index contributed by atoms with van der Waals surface area (Å²) in [6.45, 7) is 1.26. The van der Waals surface area contributed by atoms with Gasteiger partial charge in [-0.1, -0.05) is 0 Å². The Hall–Kier alpha value is 0.220. The van der Waals surface area contributed by atoms with Gasteiger partial charge in [0, 0.05) is 12.6 Å². The molecule has 0 radical (unpaired) electrons. The first-order chi connectivity index (χ1) is 7.18. The molecule has 96 valence electrons. The minimum atomic E-state index is -4.56. The van der Waals surface area contributed by atoms with Crippen molar-refractivity contribution in [3.63, 3.8) is 0 Å². The Balaban J connectivity index is 2.64. The van der Waals surface area contributed by atoms with Crippen molar-refractivity contribution in [1.82, 2.24) is 10.6 Å². The number of hydrogen-bond donors (Lipinski definition) is 6. The summed E-state index contributed by atoms with van der Waals surface area (Å²) in [6, 6.07) is -0.163. The summed E-state index contributed by atoms with van der Waals surface area (Å²) in [5.41, 5.74) is 0. The summed E-state index contributed by atoms with van der Waals surface area (Å²) < 4.78 is 21.8. The molecule has 0 spiro atoms. The molecule has 2 atom stereocenters. The second-order valence-corrected chi connectivity index (χ2v) is 7.30. The number of rotatable bonds is 5. The highest BCUT2D eigenvalue weighted by Crippen LogP contribution is 2.47. The van der Waals surface area contributed by atoms with E-state index in [4.69, 9.17) is 19.6 Å². The molecule has 1 fully saturated rings. The summed E-state index contributed by atoms with van der Waals surface area (Å²) in [5.74, 6) is -1.49. The molecular formula is C6H16N2O6P2. The molecule has 0 aromatic carbocycles. The largest absolute Gasteiger partial charge is 0.342 e. The lowest BCUT2D eigenvalue weighted by Crippen LogP contribution is -2.41. The molecule has 0 aromatic rings. The van der Waals surface area contributed by atoms with Crippen LogP contribution in [0.1, 0.15) is 6.42 Å². The van der Waals surface area contributed by atoms with Gasteiger partial charge in [-0.3, -0.25) is 14.4 Å². The fourth-order valence-electron chi connectivity index (χ4n) is 1.55. The normalized spacial score (nSPS) is 24.6. The fourth-order valence-corrected chi connectivity index (χ4v) is 4.00. The van der Waals surface area contributed by atoms with Crippen LogP contribution in [-0.2, 0) is 9.13 Å². The van der Waals surface area contributed by atoms with Crippen LogP contribution in [0.2, 0.25) is 0 Å². The van der Waals surface area contributed by atoms with Gasteiger partial charge in [-0.15, -0.1) is 0 Å². The van der Waals surface area contributed by atoms with Gasteiger partial charge in [0.25, 0.3) is 0 Å². The van der Waals surface area contributed by atoms with E-state index < -0.39 is 27.1 Å². The lowest BCUT2D eigenvalue weighted by molar-refractivity contribution is 0.329. The molecule has 1 saturated heterocycles. The maximum absolute atomic E-state index is 11.1. The zero-order chi connectivity index (χ0) is 12.4. The van der Waals surface area contributed by atoms with E-state index in [1.54, 1.807) is 0 Å². The second kappa shape index (κ2) is 5.25. The molecular weight excluding hydrogens is 258 g/mol. The third kappa shape index (κ3) is 5.03. The van der Waals surface area contributed by atoms with Crippen molar-refractivity contribution in [2.75, 3.05) is 19.3 Å². The van der Waals surface area contributed by atoms with Crippen molar-refractivity contribution in [3.05, 3.63) is 0 Å². The third-order valence-corrected chi connectivity index (χ3v) is 4.58. The highest BCUT2D eigenvalue weighted by molar-refractivity contribution is 7.56. The minimum absolute atomic E-state index is 0.163. The van der Waals surface area contributed by atoms with Crippen LogP contribution in [0.5, 0.6) is 0 Å². The molecule has 1 rings (SSSR count).